The molecule has 1 aliphatic rings. The lowest BCUT2D eigenvalue weighted by Crippen LogP contribution is -2.31. The molecule has 0 radical (unpaired) electrons. The Morgan fingerprint density at radius 2 is 1.52 bits per heavy atom. The number of carbonyl (C=O) groups excluding carboxylic acids is 1. The molecule has 0 saturated carbocycles. The molecule has 3 rings (SSSR count). The van der Waals surface area contributed by atoms with Crippen LogP contribution in [0.15, 0.2) is 59.5 Å². The quantitative estimate of drug-likeness (QED) is 0.559. The second kappa shape index (κ2) is 9.15. The van der Waals surface area contributed by atoms with Crippen molar-refractivity contribution in [3.05, 3.63) is 60.2 Å². The fourth-order valence-corrected chi connectivity index (χ4v) is 4.69. The smallest absolute Gasteiger partial charge is 0.311 e. The van der Waals surface area contributed by atoms with E-state index in [-0.39, 0.29) is 12.4 Å². The summed E-state index contributed by atoms with van der Waals surface area (Å²) >= 11 is 0. The molecule has 1 heterocycles. The molecule has 1 saturated heterocycles. The maximum absolute atomic E-state index is 12.8. The van der Waals surface area contributed by atoms with Crippen molar-refractivity contribution in [2.24, 2.45) is 0 Å². The highest BCUT2D eigenvalue weighted by Crippen LogP contribution is 2.21. The first-order valence-corrected chi connectivity index (χ1v) is 10.8. The molecular formula is C21H25NO4S. The van der Waals surface area contributed by atoms with Crippen LogP contribution in [0.2, 0.25) is 0 Å². The molecule has 1 fully saturated rings. The zero-order chi connectivity index (χ0) is 19.1. The standard InChI is InChI=1S/C21H25NO4S/c23-21(26-19-8-4-3-5-9-19)15-12-18-10-13-20(14-11-18)27(24,25)22-16-6-1-2-7-17-22/h3-5,8-11,13-14H,1-2,6-7,12,15-17H2. The van der Waals surface area contributed by atoms with Crippen LogP contribution >= 0.6 is 0 Å². The molecule has 27 heavy (non-hydrogen) atoms. The molecule has 0 aliphatic carbocycles. The Morgan fingerprint density at radius 3 is 2.15 bits per heavy atom. The number of sulfonamides is 1. The first-order valence-electron chi connectivity index (χ1n) is 9.40. The van der Waals surface area contributed by atoms with Gasteiger partial charge >= 0.3 is 5.97 Å². The number of benzene rings is 2. The predicted molar refractivity (Wildman–Crippen MR) is 104 cm³/mol. The monoisotopic (exact) mass is 387 g/mol. The lowest BCUT2D eigenvalue weighted by molar-refractivity contribution is -0.134. The molecule has 0 unspecified atom stereocenters. The summed E-state index contributed by atoms with van der Waals surface area (Å²) in [5.74, 6) is 0.226. The Bertz CT molecular complexity index is 840. The van der Waals surface area contributed by atoms with Gasteiger partial charge in [-0.05, 0) is 49.1 Å². The van der Waals surface area contributed by atoms with Gasteiger partial charge in [0.05, 0.1) is 4.90 Å². The van der Waals surface area contributed by atoms with Crippen molar-refractivity contribution in [2.75, 3.05) is 13.1 Å². The summed E-state index contributed by atoms with van der Waals surface area (Å²) in [4.78, 5) is 12.2. The van der Waals surface area contributed by atoms with Crippen molar-refractivity contribution >= 4 is 16.0 Å². The van der Waals surface area contributed by atoms with Crippen molar-refractivity contribution < 1.29 is 17.9 Å². The van der Waals surface area contributed by atoms with Crippen LogP contribution in [0.1, 0.15) is 37.7 Å². The number of aryl methyl sites for hydroxylation is 1. The van der Waals surface area contributed by atoms with Crippen LogP contribution in [-0.4, -0.2) is 31.8 Å². The second-order valence-electron chi connectivity index (χ2n) is 6.75. The average Bonchev–Trinajstić information content (AvgIpc) is 2.98. The normalized spacial score (nSPS) is 15.9. The summed E-state index contributed by atoms with van der Waals surface area (Å²) in [6.45, 7) is 1.19. The molecule has 0 aromatic heterocycles. The number of carbonyl (C=O) groups is 1. The molecule has 0 bridgehead atoms. The van der Waals surface area contributed by atoms with Gasteiger partial charge in [0.1, 0.15) is 5.75 Å². The van der Waals surface area contributed by atoms with E-state index in [1.165, 1.54) is 0 Å². The van der Waals surface area contributed by atoms with Gasteiger partial charge in [-0.3, -0.25) is 4.79 Å². The molecule has 2 aromatic carbocycles. The van der Waals surface area contributed by atoms with E-state index in [0.717, 1.165) is 31.2 Å². The van der Waals surface area contributed by atoms with Crippen LogP contribution in [0.5, 0.6) is 5.75 Å². The zero-order valence-corrected chi connectivity index (χ0v) is 16.2. The van der Waals surface area contributed by atoms with Crippen LogP contribution in [0.3, 0.4) is 0 Å². The van der Waals surface area contributed by atoms with Crippen molar-refractivity contribution in [3.63, 3.8) is 0 Å². The van der Waals surface area contributed by atoms with Gasteiger partial charge in [0, 0.05) is 19.5 Å². The maximum atomic E-state index is 12.8. The molecule has 1 aliphatic heterocycles. The highest BCUT2D eigenvalue weighted by molar-refractivity contribution is 7.89. The number of hydrogen-bond donors (Lipinski definition) is 0. The Morgan fingerprint density at radius 1 is 0.889 bits per heavy atom. The molecule has 5 nitrogen and oxygen atoms in total. The van der Waals surface area contributed by atoms with E-state index >= 15 is 0 Å². The van der Waals surface area contributed by atoms with Crippen molar-refractivity contribution in [1.82, 2.24) is 4.31 Å². The van der Waals surface area contributed by atoms with Gasteiger partial charge in [-0.1, -0.05) is 43.2 Å². The summed E-state index contributed by atoms with van der Waals surface area (Å²) in [7, 11) is -3.43. The summed E-state index contributed by atoms with van der Waals surface area (Å²) in [5.41, 5.74) is 0.912. The molecule has 0 amide bonds. The number of hydrogen-bond acceptors (Lipinski definition) is 4. The third kappa shape index (κ3) is 5.40. The Balaban J connectivity index is 1.57. The fraction of sp³-hybridized carbons (Fsp3) is 0.381. The topological polar surface area (TPSA) is 63.7 Å². The molecule has 2 aromatic rings. The third-order valence-electron chi connectivity index (χ3n) is 4.72. The minimum absolute atomic E-state index is 0.243. The fourth-order valence-electron chi connectivity index (χ4n) is 3.18. The minimum atomic E-state index is -3.43. The van der Waals surface area contributed by atoms with Gasteiger partial charge in [0.15, 0.2) is 0 Å². The zero-order valence-electron chi connectivity index (χ0n) is 15.3. The molecule has 0 atom stereocenters. The van der Waals surface area contributed by atoms with Crippen LogP contribution in [0.25, 0.3) is 0 Å². The maximum Gasteiger partial charge on any atom is 0.311 e. The average molecular weight is 388 g/mol. The number of ether oxygens (including phenoxy) is 1. The van der Waals surface area contributed by atoms with Gasteiger partial charge in [-0.25, -0.2) is 8.42 Å². The van der Waals surface area contributed by atoms with Crippen LogP contribution < -0.4 is 4.74 Å². The lowest BCUT2D eigenvalue weighted by atomic mass is 10.1. The van der Waals surface area contributed by atoms with Crippen LogP contribution in [0.4, 0.5) is 0 Å². The van der Waals surface area contributed by atoms with Gasteiger partial charge in [0.2, 0.25) is 10.0 Å². The van der Waals surface area contributed by atoms with E-state index in [0.29, 0.717) is 30.2 Å². The number of esters is 1. The van der Waals surface area contributed by atoms with Crippen LogP contribution in [-0.2, 0) is 21.2 Å². The largest absolute Gasteiger partial charge is 0.427 e. The molecule has 0 spiro atoms. The summed E-state index contributed by atoms with van der Waals surface area (Å²) in [6, 6.07) is 15.8. The van der Waals surface area contributed by atoms with Gasteiger partial charge < -0.3 is 4.74 Å². The summed E-state index contributed by atoms with van der Waals surface area (Å²) in [5, 5.41) is 0. The lowest BCUT2D eigenvalue weighted by Gasteiger charge is -2.20. The second-order valence-corrected chi connectivity index (χ2v) is 8.69. The van der Waals surface area contributed by atoms with Crippen molar-refractivity contribution in [2.45, 2.75) is 43.4 Å². The molecule has 144 valence electrons. The van der Waals surface area contributed by atoms with Crippen molar-refractivity contribution in [3.8, 4) is 5.75 Å². The number of rotatable bonds is 6. The predicted octanol–water partition coefficient (Wildman–Crippen LogP) is 3.79. The first kappa shape index (κ1) is 19.6. The number of nitrogens with zero attached hydrogens (tertiary/aromatic N) is 1. The van der Waals surface area contributed by atoms with Gasteiger partial charge in [-0.2, -0.15) is 4.31 Å². The van der Waals surface area contributed by atoms with Gasteiger partial charge in [0.25, 0.3) is 0 Å². The number of para-hydroxylation sites is 1. The van der Waals surface area contributed by atoms with E-state index in [1.54, 1.807) is 40.7 Å². The summed E-state index contributed by atoms with van der Waals surface area (Å²) < 4.78 is 32.4. The molecule has 6 heteroatoms. The Labute approximate surface area is 161 Å². The van der Waals surface area contributed by atoms with E-state index in [4.69, 9.17) is 4.74 Å². The van der Waals surface area contributed by atoms with Crippen LogP contribution in [0, 0.1) is 0 Å². The third-order valence-corrected chi connectivity index (χ3v) is 6.63. The Hall–Kier alpha value is -2.18. The molecule has 0 N–H and O–H groups in total. The highest BCUT2D eigenvalue weighted by atomic mass is 32.2. The summed E-state index contributed by atoms with van der Waals surface area (Å²) in [6.07, 6.45) is 4.76. The minimum Gasteiger partial charge on any atom is -0.427 e. The molecular weight excluding hydrogens is 362 g/mol. The highest BCUT2D eigenvalue weighted by Gasteiger charge is 2.24. The first-order chi connectivity index (χ1) is 13.1. The van der Waals surface area contributed by atoms with E-state index in [9.17, 15) is 13.2 Å². The van der Waals surface area contributed by atoms with Crippen molar-refractivity contribution in [1.29, 1.82) is 0 Å². The van der Waals surface area contributed by atoms with E-state index in [1.807, 2.05) is 18.2 Å². The van der Waals surface area contributed by atoms with Gasteiger partial charge in [-0.15, -0.1) is 0 Å². The Kier molecular flexibility index (Phi) is 6.63. The SMILES string of the molecule is O=C(CCc1ccc(S(=O)(=O)N2CCCCCC2)cc1)Oc1ccccc1. The van der Waals surface area contributed by atoms with E-state index in [2.05, 4.69) is 0 Å². The van der Waals surface area contributed by atoms with E-state index < -0.39 is 10.0 Å².